The Balaban J connectivity index is 1.34. The van der Waals surface area contributed by atoms with Crippen molar-refractivity contribution >= 4 is 11.7 Å². The molecular formula is C18H27N3O2. The Morgan fingerprint density at radius 1 is 1.22 bits per heavy atom. The van der Waals surface area contributed by atoms with Crippen LogP contribution in [0.3, 0.4) is 0 Å². The van der Waals surface area contributed by atoms with E-state index in [0.717, 1.165) is 39.0 Å². The molecule has 0 radical (unpaired) electrons. The van der Waals surface area contributed by atoms with Crippen LogP contribution in [0.5, 0.6) is 0 Å². The average Bonchev–Trinajstić information content (AvgIpc) is 3.05. The van der Waals surface area contributed by atoms with Gasteiger partial charge in [-0.2, -0.15) is 0 Å². The summed E-state index contributed by atoms with van der Waals surface area (Å²) in [5.74, 6) is 0. The number of hydrogen-bond donors (Lipinski definition) is 2. The second-order valence-corrected chi connectivity index (χ2v) is 6.44. The molecule has 2 aliphatic rings. The third-order valence-electron chi connectivity index (χ3n) is 4.67. The minimum atomic E-state index is -0.0549. The first-order valence-electron chi connectivity index (χ1n) is 8.77. The van der Waals surface area contributed by atoms with E-state index in [1.807, 2.05) is 6.07 Å². The molecule has 2 N–H and O–H groups in total. The maximum absolute atomic E-state index is 12.0. The first-order chi connectivity index (χ1) is 11.3. The van der Waals surface area contributed by atoms with Crippen LogP contribution >= 0.6 is 0 Å². The van der Waals surface area contributed by atoms with Crippen LogP contribution in [0, 0.1) is 0 Å². The third kappa shape index (κ3) is 4.86. The van der Waals surface area contributed by atoms with Crippen molar-refractivity contribution in [3.05, 3.63) is 30.3 Å². The quantitative estimate of drug-likeness (QED) is 0.877. The van der Waals surface area contributed by atoms with Crippen LogP contribution in [0.4, 0.5) is 10.5 Å². The van der Waals surface area contributed by atoms with Gasteiger partial charge in [-0.05, 0) is 44.2 Å². The summed E-state index contributed by atoms with van der Waals surface area (Å²) in [7, 11) is 0. The number of nitrogens with one attached hydrogen (secondary N) is 2. The molecule has 0 saturated carbocycles. The van der Waals surface area contributed by atoms with E-state index in [-0.39, 0.29) is 12.1 Å². The fraction of sp³-hybridized carbons (Fsp3) is 0.611. The molecule has 2 heterocycles. The van der Waals surface area contributed by atoms with E-state index >= 15 is 0 Å². The summed E-state index contributed by atoms with van der Waals surface area (Å²) in [6.45, 7) is 3.42. The van der Waals surface area contributed by atoms with E-state index < -0.39 is 0 Å². The van der Waals surface area contributed by atoms with E-state index in [1.54, 1.807) is 0 Å². The number of para-hydroxylation sites is 1. The van der Waals surface area contributed by atoms with Crippen LogP contribution in [0.1, 0.15) is 32.1 Å². The molecule has 23 heavy (non-hydrogen) atoms. The Morgan fingerprint density at radius 2 is 2.09 bits per heavy atom. The van der Waals surface area contributed by atoms with Crippen LogP contribution in [-0.4, -0.2) is 44.4 Å². The number of ether oxygens (including phenoxy) is 1. The van der Waals surface area contributed by atoms with Gasteiger partial charge in [0.05, 0.1) is 6.10 Å². The maximum atomic E-state index is 12.0. The van der Waals surface area contributed by atoms with Gasteiger partial charge in [0.25, 0.3) is 0 Å². The van der Waals surface area contributed by atoms with Crippen molar-refractivity contribution in [2.45, 2.75) is 44.2 Å². The largest absolute Gasteiger partial charge is 0.378 e. The minimum Gasteiger partial charge on any atom is -0.378 e. The molecule has 2 fully saturated rings. The van der Waals surface area contributed by atoms with Gasteiger partial charge >= 0.3 is 6.03 Å². The summed E-state index contributed by atoms with van der Waals surface area (Å²) in [4.78, 5) is 14.3. The monoisotopic (exact) mass is 317 g/mol. The van der Waals surface area contributed by atoms with Gasteiger partial charge < -0.3 is 20.3 Å². The van der Waals surface area contributed by atoms with Crippen LogP contribution in [0.2, 0.25) is 0 Å². The Kier molecular flexibility index (Phi) is 5.75. The van der Waals surface area contributed by atoms with Gasteiger partial charge in [0.15, 0.2) is 0 Å². The zero-order valence-corrected chi connectivity index (χ0v) is 13.7. The molecule has 2 aliphatic heterocycles. The number of carbonyl (C=O) groups excluding carboxylic acids is 1. The summed E-state index contributed by atoms with van der Waals surface area (Å²) in [5, 5.41) is 6.05. The Morgan fingerprint density at radius 3 is 2.87 bits per heavy atom. The van der Waals surface area contributed by atoms with Gasteiger partial charge in [-0.15, -0.1) is 0 Å². The molecule has 0 bridgehead atoms. The number of carbonyl (C=O) groups is 1. The lowest BCUT2D eigenvalue weighted by atomic mass is 10.1. The van der Waals surface area contributed by atoms with Crippen LogP contribution < -0.4 is 15.5 Å². The van der Waals surface area contributed by atoms with Crippen LogP contribution in [0.25, 0.3) is 0 Å². The first-order valence-corrected chi connectivity index (χ1v) is 8.77. The smallest absolute Gasteiger partial charge is 0.315 e. The van der Waals surface area contributed by atoms with Crippen molar-refractivity contribution in [1.29, 1.82) is 0 Å². The second kappa shape index (κ2) is 8.20. The summed E-state index contributed by atoms with van der Waals surface area (Å²) >= 11 is 0. The molecule has 126 valence electrons. The number of benzene rings is 1. The van der Waals surface area contributed by atoms with Crippen LogP contribution in [0.15, 0.2) is 30.3 Å². The highest BCUT2D eigenvalue weighted by Crippen LogP contribution is 2.19. The molecule has 1 aromatic carbocycles. The highest BCUT2D eigenvalue weighted by Gasteiger charge is 2.24. The number of hydrogen-bond acceptors (Lipinski definition) is 3. The molecule has 2 unspecified atom stereocenters. The normalized spacial score (nSPS) is 24.4. The lowest BCUT2D eigenvalue weighted by molar-refractivity contribution is 0.0120. The highest BCUT2D eigenvalue weighted by atomic mass is 16.5. The Hall–Kier alpha value is -1.75. The fourth-order valence-corrected chi connectivity index (χ4v) is 3.37. The topological polar surface area (TPSA) is 53.6 Å². The lowest BCUT2D eigenvalue weighted by Gasteiger charge is -2.23. The predicted octanol–water partition coefficient (Wildman–Crippen LogP) is 2.52. The predicted molar refractivity (Wildman–Crippen MR) is 91.8 cm³/mol. The van der Waals surface area contributed by atoms with Gasteiger partial charge in [-0.1, -0.05) is 18.2 Å². The van der Waals surface area contributed by atoms with Crippen molar-refractivity contribution in [1.82, 2.24) is 10.6 Å². The van der Waals surface area contributed by atoms with Gasteiger partial charge in [-0.25, -0.2) is 4.79 Å². The summed E-state index contributed by atoms with van der Waals surface area (Å²) in [6.07, 6.45) is 5.77. The number of urea groups is 1. The summed E-state index contributed by atoms with van der Waals surface area (Å²) < 4.78 is 5.68. The second-order valence-electron chi connectivity index (χ2n) is 6.44. The van der Waals surface area contributed by atoms with Crippen LogP contribution in [-0.2, 0) is 4.74 Å². The molecule has 5 nitrogen and oxygen atoms in total. The van der Waals surface area contributed by atoms with Gasteiger partial charge in [-0.3, -0.25) is 0 Å². The molecule has 2 amide bonds. The van der Waals surface area contributed by atoms with Gasteiger partial charge in [0, 0.05) is 38.0 Å². The molecule has 3 rings (SSSR count). The summed E-state index contributed by atoms with van der Waals surface area (Å²) in [6, 6.07) is 10.5. The zero-order chi connectivity index (χ0) is 15.9. The Labute approximate surface area is 138 Å². The standard InChI is InChI=1S/C18H27N3O2/c22-18(19-11-9-17-8-4-5-13-23-17)20-15-10-12-21(14-15)16-6-2-1-3-7-16/h1-3,6-7,15,17H,4-5,8-14H2,(H2,19,20,22). The highest BCUT2D eigenvalue weighted by molar-refractivity contribution is 5.74. The van der Waals surface area contributed by atoms with Crippen molar-refractivity contribution in [2.24, 2.45) is 0 Å². The molecule has 2 saturated heterocycles. The number of amides is 2. The number of anilines is 1. The van der Waals surface area contributed by atoms with Crippen molar-refractivity contribution in [3.63, 3.8) is 0 Å². The number of rotatable bonds is 5. The van der Waals surface area contributed by atoms with E-state index in [9.17, 15) is 4.79 Å². The molecule has 2 atom stereocenters. The SMILES string of the molecule is O=C(NCCC1CCCCO1)NC1CCN(c2ccccc2)C1. The fourth-order valence-electron chi connectivity index (χ4n) is 3.37. The Bertz CT molecular complexity index is 488. The number of nitrogens with zero attached hydrogens (tertiary/aromatic N) is 1. The third-order valence-corrected chi connectivity index (χ3v) is 4.67. The van der Waals surface area contributed by atoms with Crippen molar-refractivity contribution < 1.29 is 9.53 Å². The molecule has 0 aliphatic carbocycles. The molecule has 1 aromatic rings. The molecule has 0 aromatic heterocycles. The van der Waals surface area contributed by atoms with E-state index in [0.29, 0.717) is 12.6 Å². The maximum Gasteiger partial charge on any atom is 0.315 e. The molecular weight excluding hydrogens is 290 g/mol. The zero-order valence-electron chi connectivity index (χ0n) is 13.7. The lowest BCUT2D eigenvalue weighted by Crippen LogP contribution is -2.44. The summed E-state index contributed by atoms with van der Waals surface area (Å²) in [5.41, 5.74) is 1.23. The van der Waals surface area contributed by atoms with E-state index in [4.69, 9.17) is 4.74 Å². The minimum absolute atomic E-state index is 0.0549. The van der Waals surface area contributed by atoms with E-state index in [2.05, 4.69) is 39.8 Å². The van der Waals surface area contributed by atoms with E-state index in [1.165, 1.54) is 18.5 Å². The average molecular weight is 317 g/mol. The van der Waals surface area contributed by atoms with Crippen molar-refractivity contribution in [3.8, 4) is 0 Å². The molecule has 0 spiro atoms. The van der Waals surface area contributed by atoms with Crippen molar-refractivity contribution in [2.75, 3.05) is 31.1 Å². The van der Waals surface area contributed by atoms with Gasteiger partial charge in [0.2, 0.25) is 0 Å². The van der Waals surface area contributed by atoms with Gasteiger partial charge in [0.1, 0.15) is 0 Å². The molecule has 5 heteroatoms. The first kappa shape index (κ1) is 16.1.